The fraction of sp³-hybridized carbons (Fsp3) is 0. The van der Waals surface area contributed by atoms with E-state index >= 15 is 0 Å². The number of rotatable bonds is 3. The Kier molecular flexibility index (Phi) is 3.77. The summed E-state index contributed by atoms with van der Waals surface area (Å²) in [5.41, 5.74) is 0.652. The number of nitrogens with zero attached hydrogens (tertiary/aromatic N) is 4. The molecule has 5 nitrogen and oxygen atoms in total. The minimum atomic E-state index is -0.618. The first-order chi connectivity index (χ1) is 12.1. The first-order valence-corrected chi connectivity index (χ1v) is 7.60. The lowest BCUT2D eigenvalue weighted by Crippen LogP contribution is -1.99. The molecule has 0 N–H and O–H groups in total. The third-order valence-electron chi connectivity index (χ3n) is 3.46. The Hall–Kier alpha value is -3.06. The molecule has 8 heteroatoms. The predicted octanol–water partition coefficient (Wildman–Crippen LogP) is 4.52. The largest absolute Gasteiger partial charge is 0.434 e. The van der Waals surface area contributed by atoms with Gasteiger partial charge in [-0.1, -0.05) is 23.7 Å². The van der Waals surface area contributed by atoms with Crippen molar-refractivity contribution in [2.45, 2.75) is 0 Å². The Balaban J connectivity index is 1.77. The predicted molar refractivity (Wildman–Crippen MR) is 87.7 cm³/mol. The molecule has 0 aliphatic heterocycles. The van der Waals surface area contributed by atoms with E-state index in [1.807, 2.05) is 0 Å². The molecule has 0 amide bonds. The maximum absolute atomic E-state index is 14.0. The Labute approximate surface area is 145 Å². The van der Waals surface area contributed by atoms with Crippen LogP contribution in [-0.2, 0) is 0 Å². The Morgan fingerprint density at radius 2 is 1.76 bits per heavy atom. The highest BCUT2D eigenvalue weighted by molar-refractivity contribution is 6.30. The fourth-order valence-electron chi connectivity index (χ4n) is 2.31. The zero-order valence-electron chi connectivity index (χ0n) is 12.5. The molecule has 2 aromatic heterocycles. The van der Waals surface area contributed by atoms with Gasteiger partial charge < -0.3 is 4.74 Å². The minimum absolute atomic E-state index is 0.0308. The molecule has 0 bridgehead atoms. The van der Waals surface area contributed by atoms with Gasteiger partial charge in [0.05, 0.1) is 5.56 Å². The molecule has 0 unspecified atom stereocenters. The second-order valence-corrected chi connectivity index (χ2v) is 5.56. The average Bonchev–Trinajstić information content (AvgIpc) is 3.01. The molecule has 0 saturated heterocycles. The van der Waals surface area contributed by atoms with Gasteiger partial charge in [0.25, 0.3) is 0 Å². The van der Waals surface area contributed by atoms with Crippen molar-refractivity contribution in [3.63, 3.8) is 0 Å². The lowest BCUT2D eigenvalue weighted by atomic mass is 10.2. The molecule has 0 atom stereocenters. The van der Waals surface area contributed by atoms with Crippen LogP contribution < -0.4 is 4.74 Å². The summed E-state index contributed by atoms with van der Waals surface area (Å²) in [6.07, 6.45) is 0. The van der Waals surface area contributed by atoms with E-state index in [2.05, 4.69) is 15.3 Å². The van der Waals surface area contributed by atoms with E-state index in [0.29, 0.717) is 5.65 Å². The van der Waals surface area contributed by atoms with Gasteiger partial charge in [0.15, 0.2) is 23.0 Å². The van der Waals surface area contributed by atoms with E-state index in [4.69, 9.17) is 16.3 Å². The topological polar surface area (TPSA) is 52.3 Å². The van der Waals surface area contributed by atoms with Gasteiger partial charge in [-0.15, -0.1) is 15.3 Å². The van der Waals surface area contributed by atoms with Crippen LogP contribution in [0.15, 0.2) is 54.6 Å². The molecule has 0 aliphatic rings. The summed E-state index contributed by atoms with van der Waals surface area (Å²) in [6, 6.07) is 13.3. The summed E-state index contributed by atoms with van der Waals surface area (Å²) in [6.45, 7) is 0. The van der Waals surface area contributed by atoms with Gasteiger partial charge in [0.2, 0.25) is 5.88 Å². The fourth-order valence-corrected chi connectivity index (χ4v) is 2.47. The summed E-state index contributed by atoms with van der Waals surface area (Å²) < 4.78 is 34.7. The standard InChI is InChI=1S/C17H9ClF2N4O/c18-10-5-6-14(13(20)9-10)25-16-8-7-15-21-22-17(24(15)23-16)11-3-1-2-4-12(11)19/h1-9H. The molecular formula is C17H9ClF2N4O. The maximum Gasteiger partial charge on any atom is 0.237 e. The molecule has 2 heterocycles. The van der Waals surface area contributed by atoms with E-state index in [1.54, 1.807) is 24.3 Å². The van der Waals surface area contributed by atoms with E-state index in [9.17, 15) is 8.78 Å². The van der Waals surface area contributed by atoms with Gasteiger partial charge in [-0.2, -0.15) is 4.52 Å². The highest BCUT2D eigenvalue weighted by Crippen LogP contribution is 2.27. The van der Waals surface area contributed by atoms with Crippen LogP contribution in [0.25, 0.3) is 17.0 Å². The van der Waals surface area contributed by atoms with Crippen LogP contribution in [0, 0.1) is 11.6 Å². The molecule has 0 aliphatic carbocycles. The zero-order valence-corrected chi connectivity index (χ0v) is 13.3. The number of hydrogen-bond acceptors (Lipinski definition) is 4. The van der Waals surface area contributed by atoms with Crippen molar-refractivity contribution in [2.75, 3.05) is 0 Å². The van der Waals surface area contributed by atoms with Gasteiger partial charge in [-0.3, -0.25) is 0 Å². The normalized spacial score (nSPS) is 11.0. The maximum atomic E-state index is 14.0. The average molecular weight is 359 g/mol. The van der Waals surface area contributed by atoms with Crippen molar-refractivity contribution in [3.8, 4) is 23.0 Å². The van der Waals surface area contributed by atoms with Crippen molar-refractivity contribution in [2.24, 2.45) is 0 Å². The van der Waals surface area contributed by atoms with Crippen molar-refractivity contribution in [1.82, 2.24) is 19.8 Å². The highest BCUT2D eigenvalue weighted by atomic mass is 35.5. The van der Waals surface area contributed by atoms with Gasteiger partial charge in [0.1, 0.15) is 5.82 Å². The molecule has 0 fully saturated rings. The summed E-state index contributed by atoms with van der Waals surface area (Å²) in [4.78, 5) is 0. The van der Waals surface area contributed by atoms with Crippen LogP contribution in [0.5, 0.6) is 11.6 Å². The Morgan fingerprint density at radius 1 is 0.920 bits per heavy atom. The smallest absolute Gasteiger partial charge is 0.237 e. The molecule has 0 saturated carbocycles. The molecule has 4 rings (SSSR count). The second kappa shape index (κ2) is 6.10. The van der Waals surface area contributed by atoms with E-state index in [0.717, 1.165) is 6.07 Å². The minimum Gasteiger partial charge on any atom is -0.434 e. The lowest BCUT2D eigenvalue weighted by molar-refractivity contribution is 0.420. The number of hydrogen-bond donors (Lipinski definition) is 0. The molecule has 25 heavy (non-hydrogen) atoms. The summed E-state index contributed by atoms with van der Waals surface area (Å²) in [5, 5.41) is 12.4. The second-order valence-electron chi connectivity index (χ2n) is 5.12. The quantitative estimate of drug-likeness (QED) is 0.540. The SMILES string of the molecule is Fc1cc(Cl)ccc1Oc1ccc2nnc(-c3ccccc3F)n2n1. The van der Waals surface area contributed by atoms with Crippen LogP contribution in [0.4, 0.5) is 8.78 Å². The van der Waals surface area contributed by atoms with Crippen molar-refractivity contribution >= 4 is 17.2 Å². The van der Waals surface area contributed by atoms with Crippen LogP contribution in [0.3, 0.4) is 0 Å². The van der Waals surface area contributed by atoms with Crippen LogP contribution in [-0.4, -0.2) is 19.8 Å². The van der Waals surface area contributed by atoms with Crippen LogP contribution in [0.1, 0.15) is 0 Å². The highest BCUT2D eigenvalue weighted by Gasteiger charge is 2.14. The van der Waals surface area contributed by atoms with Gasteiger partial charge in [0, 0.05) is 11.1 Å². The third-order valence-corrected chi connectivity index (χ3v) is 3.70. The number of ether oxygens (including phenoxy) is 1. The Bertz CT molecular complexity index is 1080. The van der Waals surface area contributed by atoms with Crippen molar-refractivity contribution < 1.29 is 13.5 Å². The van der Waals surface area contributed by atoms with Crippen molar-refractivity contribution in [1.29, 1.82) is 0 Å². The molecule has 0 spiro atoms. The van der Waals surface area contributed by atoms with Crippen molar-refractivity contribution in [3.05, 3.63) is 71.3 Å². The van der Waals surface area contributed by atoms with Gasteiger partial charge >= 0.3 is 0 Å². The first kappa shape index (κ1) is 15.5. The van der Waals surface area contributed by atoms with Gasteiger partial charge in [-0.25, -0.2) is 8.78 Å². The molecular weight excluding hydrogens is 350 g/mol. The van der Waals surface area contributed by atoms with Crippen LogP contribution >= 0.6 is 11.6 Å². The van der Waals surface area contributed by atoms with E-state index in [1.165, 1.54) is 28.8 Å². The Morgan fingerprint density at radius 3 is 2.56 bits per heavy atom. The summed E-state index contributed by atoms with van der Waals surface area (Å²) >= 11 is 5.72. The molecule has 0 radical (unpaired) electrons. The summed E-state index contributed by atoms with van der Waals surface area (Å²) in [7, 11) is 0. The third kappa shape index (κ3) is 2.89. The number of aromatic nitrogens is 4. The number of fused-ring (bicyclic) bond motifs is 1. The number of benzene rings is 2. The summed E-state index contributed by atoms with van der Waals surface area (Å²) in [5.74, 6) is -0.779. The van der Waals surface area contributed by atoms with E-state index < -0.39 is 11.6 Å². The van der Waals surface area contributed by atoms with Crippen LogP contribution in [0.2, 0.25) is 5.02 Å². The van der Waals surface area contributed by atoms with E-state index in [-0.39, 0.29) is 28.0 Å². The lowest BCUT2D eigenvalue weighted by Gasteiger charge is -2.07. The number of halogens is 3. The molecule has 4 aromatic rings. The monoisotopic (exact) mass is 358 g/mol. The van der Waals surface area contributed by atoms with Gasteiger partial charge in [-0.05, 0) is 36.4 Å². The zero-order chi connectivity index (χ0) is 17.4. The first-order valence-electron chi connectivity index (χ1n) is 7.22. The molecule has 2 aromatic carbocycles. The molecule has 124 valence electrons.